The molecule has 0 amide bonds. The van der Waals surface area contributed by atoms with E-state index in [1.54, 1.807) is 24.3 Å². The molecule has 0 aliphatic carbocycles. The zero-order chi connectivity index (χ0) is 15.6. The number of alkyl halides is 2. The van der Waals surface area contributed by atoms with Gasteiger partial charge in [0.25, 0.3) is 5.92 Å². The fourth-order valence-corrected chi connectivity index (χ4v) is 2.68. The standard InChI is InChI=1S/C16H16ClF2N3/c17-12-3-5-13(6-4-12)22-14-7-2-11(10-21-14)15-16(18,19)8-1-9-20-15/h2-7,10,15,20H,1,8-9H2,(H,21,22). The molecule has 0 radical (unpaired) electrons. The molecule has 1 fully saturated rings. The number of piperidine rings is 1. The van der Waals surface area contributed by atoms with Crippen molar-refractivity contribution in [1.82, 2.24) is 10.3 Å². The Morgan fingerprint density at radius 3 is 2.59 bits per heavy atom. The van der Waals surface area contributed by atoms with Gasteiger partial charge in [-0.3, -0.25) is 0 Å². The van der Waals surface area contributed by atoms with Crippen molar-refractivity contribution in [3.8, 4) is 0 Å². The Labute approximate surface area is 132 Å². The van der Waals surface area contributed by atoms with Gasteiger partial charge in [0.15, 0.2) is 0 Å². The van der Waals surface area contributed by atoms with E-state index >= 15 is 0 Å². The highest BCUT2D eigenvalue weighted by Gasteiger charge is 2.42. The Balaban J connectivity index is 1.73. The molecule has 6 heteroatoms. The highest BCUT2D eigenvalue weighted by atomic mass is 35.5. The third-order valence-corrected chi connectivity index (χ3v) is 3.95. The summed E-state index contributed by atoms with van der Waals surface area (Å²) < 4.78 is 27.8. The van der Waals surface area contributed by atoms with Gasteiger partial charge in [0.05, 0.1) is 6.04 Å². The minimum absolute atomic E-state index is 0.0879. The lowest BCUT2D eigenvalue weighted by atomic mass is 9.95. The number of hydrogen-bond acceptors (Lipinski definition) is 3. The summed E-state index contributed by atoms with van der Waals surface area (Å²) in [6.45, 7) is 0.602. The number of rotatable bonds is 3. The second kappa shape index (κ2) is 6.18. The van der Waals surface area contributed by atoms with E-state index < -0.39 is 12.0 Å². The minimum atomic E-state index is -2.73. The lowest BCUT2D eigenvalue weighted by molar-refractivity contribution is -0.0620. The molecule has 2 heterocycles. The SMILES string of the molecule is FC1(F)CCCNC1c1ccc(Nc2ccc(Cl)cc2)nc1. The van der Waals surface area contributed by atoms with Gasteiger partial charge in [-0.2, -0.15) is 0 Å². The Hall–Kier alpha value is -1.72. The summed E-state index contributed by atoms with van der Waals surface area (Å²) in [5.74, 6) is -2.13. The molecule has 22 heavy (non-hydrogen) atoms. The number of nitrogens with zero attached hydrogens (tertiary/aromatic N) is 1. The molecule has 2 aromatic rings. The van der Waals surface area contributed by atoms with Crippen LogP contribution in [0, 0.1) is 0 Å². The number of pyridine rings is 1. The molecular formula is C16H16ClF2N3. The lowest BCUT2D eigenvalue weighted by Gasteiger charge is -2.32. The zero-order valence-corrected chi connectivity index (χ0v) is 12.6. The van der Waals surface area contributed by atoms with Gasteiger partial charge in [0.2, 0.25) is 0 Å². The van der Waals surface area contributed by atoms with Crippen LogP contribution in [-0.2, 0) is 0 Å². The van der Waals surface area contributed by atoms with Crippen molar-refractivity contribution in [3.05, 3.63) is 53.2 Å². The number of benzene rings is 1. The largest absolute Gasteiger partial charge is 0.340 e. The van der Waals surface area contributed by atoms with Gasteiger partial charge in [-0.1, -0.05) is 17.7 Å². The van der Waals surface area contributed by atoms with E-state index in [0.29, 0.717) is 29.4 Å². The highest BCUT2D eigenvalue weighted by molar-refractivity contribution is 6.30. The van der Waals surface area contributed by atoms with Gasteiger partial charge in [-0.05, 0) is 48.9 Å². The first kappa shape index (κ1) is 15.2. The van der Waals surface area contributed by atoms with Crippen molar-refractivity contribution in [2.24, 2.45) is 0 Å². The van der Waals surface area contributed by atoms with E-state index in [2.05, 4.69) is 15.6 Å². The lowest BCUT2D eigenvalue weighted by Crippen LogP contribution is -2.42. The quantitative estimate of drug-likeness (QED) is 0.870. The molecule has 116 valence electrons. The van der Waals surface area contributed by atoms with Crippen molar-refractivity contribution in [3.63, 3.8) is 0 Å². The van der Waals surface area contributed by atoms with Gasteiger partial charge < -0.3 is 10.6 Å². The minimum Gasteiger partial charge on any atom is -0.340 e. The summed E-state index contributed by atoms with van der Waals surface area (Å²) in [5, 5.41) is 6.63. The van der Waals surface area contributed by atoms with E-state index in [9.17, 15) is 8.78 Å². The molecule has 0 saturated carbocycles. The molecule has 1 atom stereocenters. The predicted molar refractivity (Wildman–Crippen MR) is 83.9 cm³/mol. The molecule has 1 aromatic carbocycles. The number of anilines is 2. The van der Waals surface area contributed by atoms with Crippen LogP contribution in [0.1, 0.15) is 24.4 Å². The van der Waals surface area contributed by atoms with Crippen LogP contribution in [0.15, 0.2) is 42.6 Å². The van der Waals surface area contributed by atoms with Gasteiger partial charge >= 0.3 is 0 Å². The Morgan fingerprint density at radius 1 is 1.18 bits per heavy atom. The van der Waals surface area contributed by atoms with Crippen molar-refractivity contribution in [2.75, 3.05) is 11.9 Å². The number of aromatic nitrogens is 1. The van der Waals surface area contributed by atoms with Gasteiger partial charge in [-0.25, -0.2) is 13.8 Å². The number of halogens is 3. The van der Waals surface area contributed by atoms with Gasteiger partial charge in [0, 0.05) is 23.3 Å². The summed E-state index contributed by atoms with van der Waals surface area (Å²) in [7, 11) is 0. The molecule has 1 aliphatic heterocycles. The van der Waals surface area contributed by atoms with E-state index in [-0.39, 0.29) is 6.42 Å². The van der Waals surface area contributed by atoms with Crippen LogP contribution in [0.5, 0.6) is 0 Å². The molecule has 1 aromatic heterocycles. The van der Waals surface area contributed by atoms with E-state index in [4.69, 9.17) is 11.6 Å². The number of hydrogen-bond donors (Lipinski definition) is 2. The summed E-state index contributed by atoms with van der Waals surface area (Å²) in [5.41, 5.74) is 1.34. The zero-order valence-electron chi connectivity index (χ0n) is 11.8. The normalized spacial score (nSPS) is 20.6. The second-order valence-corrected chi connectivity index (χ2v) is 5.80. The van der Waals surface area contributed by atoms with Crippen molar-refractivity contribution < 1.29 is 8.78 Å². The van der Waals surface area contributed by atoms with Gasteiger partial charge in [0.1, 0.15) is 5.82 Å². The van der Waals surface area contributed by atoms with Crippen LogP contribution in [0.25, 0.3) is 0 Å². The molecule has 1 saturated heterocycles. The van der Waals surface area contributed by atoms with Crippen LogP contribution < -0.4 is 10.6 Å². The molecule has 2 N–H and O–H groups in total. The fraction of sp³-hybridized carbons (Fsp3) is 0.312. The molecule has 3 rings (SSSR count). The van der Waals surface area contributed by atoms with Crippen LogP contribution >= 0.6 is 11.6 Å². The molecule has 1 unspecified atom stereocenters. The molecule has 1 aliphatic rings. The van der Waals surface area contributed by atoms with E-state index in [1.807, 2.05) is 12.1 Å². The Morgan fingerprint density at radius 2 is 1.95 bits per heavy atom. The number of nitrogens with one attached hydrogen (secondary N) is 2. The van der Waals surface area contributed by atoms with Gasteiger partial charge in [-0.15, -0.1) is 0 Å². The fourth-order valence-electron chi connectivity index (χ4n) is 2.56. The second-order valence-electron chi connectivity index (χ2n) is 5.36. The van der Waals surface area contributed by atoms with E-state index in [1.165, 1.54) is 6.20 Å². The van der Waals surface area contributed by atoms with E-state index in [0.717, 1.165) is 5.69 Å². The molecule has 3 nitrogen and oxygen atoms in total. The monoisotopic (exact) mass is 323 g/mol. The topological polar surface area (TPSA) is 37.0 Å². The predicted octanol–water partition coefficient (Wildman–Crippen LogP) is 4.54. The van der Waals surface area contributed by atoms with Crippen LogP contribution in [0.4, 0.5) is 20.3 Å². The summed E-state index contributed by atoms with van der Waals surface area (Å²) in [6.07, 6.45) is 1.90. The van der Waals surface area contributed by atoms with Crippen molar-refractivity contribution in [2.45, 2.75) is 24.8 Å². The third kappa shape index (κ3) is 3.36. The molecule has 0 spiro atoms. The van der Waals surface area contributed by atoms with Crippen LogP contribution in [0.3, 0.4) is 0 Å². The maximum absolute atomic E-state index is 13.9. The first-order chi connectivity index (χ1) is 10.5. The maximum Gasteiger partial charge on any atom is 0.267 e. The van der Waals surface area contributed by atoms with Crippen LogP contribution in [-0.4, -0.2) is 17.5 Å². The maximum atomic E-state index is 13.9. The highest BCUT2D eigenvalue weighted by Crippen LogP contribution is 2.37. The van der Waals surface area contributed by atoms with Crippen molar-refractivity contribution in [1.29, 1.82) is 0 Å². The Bertz CT molecular complexity index is 629. The first-order valence-electron chi connectivity index (χ1n) is 7.14. The van der Waals surface area contributed by atoms with Crippen LogP contribution in [0.2, 0.25) is 5.02 Å². The van der Waals surface area contributed by atoms with Crippen molar-refractivity contribution >= 4 is 23.1 Å². The summed E-state index contributed by atoms with van der Waals surface area (Å²) in [4.78, 5) is 4.22. The first-order valence-corrected chi connectivity index (χ1v) is 7.52. The third-order valence-electron chi connectivity index (χ3n) is 3.69. The molecule has 0 bridgehead atoms. The Kier molecular flexibility index (Phi) is 4.27. The smallest absolute Gasteiger partial charge is 0.267 e. The summed E-state index contributed by atoms with van der Waals surface area (Å²) >= 11 is 5.83. The summed E-state index contributed by atoms with van der Waals surface area (Å²) in [6, 6.07) is 9.62. The average molecular weight is 324 g/mol. The molecular weight excluding hydrogens is 308 g/mol. The average Bonchev–Trinajstić information content (AvgIpc) is 2.50.